The van der Waals surface area contributed by atoms with Crippen LogP contribution in [0, 0.1) is 11.8 Å². The van der Waals surface area contributed by atoms with Crippen LogP contribution in [0.3, 0.4) is 0 Å². The summed E-state index contributed by atoms with van der Waals surface area (Å²) in [6.07, 6.45) is -0.822. The SMILES string of the molecule is CNCC1CCC(C)CC1c1ccc(C(F)(F)F)cc1. The summed E-state index contributed by atoms with van der Waals surface area (Å²) < 4.78 is 37.8. The molecule has 1 aliphatic rings. The van der Waals surface area contributed by atoms with Gasteiger partial charge in [0.25, 0.3) is 0 Å². The van der Waals surface area contributed by atoms with Crippen LogP contribution >= 0.6 is 0 Å². The Hall–Kier alpha value is -1.03. The second kappa shape index (κ2) is 6.17. The van der Waals surface area contributed by atoms with Gasteiger partial charge >= 0.3 is 6.18 Å². The monoisotopic (exact) mass is 285 g/mol. The zero-order valence-corrected chi connectivity index (χ0v) is 12.0. The maximum atomic E-state index is 12.6. The molecule has 2 rings (SSSR count). The molecule has 1 aliphatic carbocycles. The molecule has 1 N–H and O–H groups in total. The van der Waals surface area contributed by atoms with Gasteiger partial charge in [0.15, 0.2) is 0 Å². The quantitative estimate of drug-likeness (QED) is 0.865. The van der Waals surface area contributed by atoms with E-state index in [-0.39, 0.29) is 0 Å². The van der Waals surface area contributed by atoms with Crippen LogP contribution < -0.4 is 5.32 Å². The highest BCUT2D eigenvalue weighted by Crippen LogP contribution is 2.41. The van der Waals surface area contributed by atoms with E-state index >= 15 is 0 Å². The van der Waals surface area contributed by atoms with Crippen LogP contribution in [0.5, 0.6) is 0 Å². The van der Waals surface area contributed by atoms with Gasteiger partial charge in [0, 0.05) is 0 Å². The van der Waals surface area contributed by atoms with E-state index < -0.39 is 11.7 Å². The Morgan fingerprint density at radius 2 is 1.80 bits per heavy atom. The number of hydrogen-bond acceptors (Lipinski definition) is 1. The van der Waals surface area contributed by atoms with Crippen molar-refractivity contribution in [3.63, 3.8) is 0 Å². The zero-order valence-electron chi connectivity index (χ0n) is 12.0. The van der Waals surface area contributed by atoms with Crippen molar-refractivity contribution in [2.24, 2.45) is 11.8 Å². The molecule has 0 spiro atoms. The number of nitrogens with one attached hydrogen (secondary N) is 1. The van der Waals surface area contributed by atoms with Crippen molar-refractivity contribution in [2.75, 3.05) is 13.6 Å². The van der Waals surface area contributed by atoms with Gasteiger partial charge in [0.2, 0.25) is 0 Å². The second-order valence-electron chi connectivity index (χ2n) is 5.96. The first kappa shape index (κ1) is 15.4. The van der Waals surface area contributed by atoms with Crippen molar-refractivity contribution in [1.82, 2.24) is 5.32 Å². The lowest BCUT2D eigenvalue weighted by Gasteiger charge is -2.35. The van der Waals surface area contributed by atoms with E-state index in [4.69, 9.17) is 0 Å². The fraction of sp³-hybridized carbons (Fsp3) is 0.625. The average Bonchev–Trinajstić information content (AvgIpc) is 2.40. The minimum atomic E-state index is -4.25. The van der Waals surface area contributed by atoms with Crippen molar-refractivity contribution in [3.8, 4) is 0 Å². The zero-order chi connectivity index (χ0) is 14.8. The standard InChI is InChI=1S/C16H22F3N/c1-11-3-4-13(10-20-2)15(9-11)12-5-7-14(8-6-12)16(17,18)19/h5-8,11,13,15,20H,3-4,9-10H2,1-2H3. The lowest BCUT2D eigenvalue weighted by Crippen LogP contribution is -2.30. The Morgan fingerprint density at radius 3 is 2.35 bits per heavy atom. The molecular weight excluding hydrogens is 263 g/mol. The molecule has 0 bridgehead atoms. The summed E-state index contributed by atoms with van der Waals surface area (Å²) >= 11 is 0. The maximum absolute atomic E-state index is 12.6. The normalized spacial score (nSPS) is 27.6. The predicted octanol–water partition coefficient (Wildman–Crippen LogP) is 4.44. The molecule has 1 saturated carbocycles. The predicted molar refractivity (Wildman–Crippen MR) is 74.6 cm³/mol. The first-order valence-electron chi connectivity index (χ1n) is 7.23. The molecule has 3 unspecified atom stereocenters. The molecule has 4 heteroatoms. The smallest absolute Gasteiger partial charge is 0.319 e. The average molecular weight is 285 g/mol. The molecule has 1 fully saturated rings. The molecule has 0 radical (unpaired) electrons. The van der Waals surface area contributed by atoms with Crippen molar-refractivity contribution in [1.29, 1.82) is 0 Å². The third-order valence-electron chi connectivity index (χ3n) is 4.39. The highest BCUT2D eigenvalue weighted by atomic mass is 19.4. The van der Waals surface area contributed by atoms with Crippen LogP contribution in [-0.4, -0.2) is 13.6 Å². The van der Waals surface area contributed by atoms with Crippen LogP contribution in [-0.2, 0) is 6.18 Å². The van der Waals surface area contributed by atoms with Gasteiger partial charge in [-0.2, -0.15) is 13.2 Å². The van der Waals surface area contributed by atoms with E-state index in [1.165, 1.54) is 18.6 Å². The molecule has 0 saturated heterocycles. The van der Waals surface area contributed by atoms with Crippen LogP contribution in [0.2, 0.25) is 0 Å². The molecule has 1 aromatic carbocycles. The number of alkyl halides is 3. The Balaban J connectivity index is 2.19. The van der Waals surface area contributed by atoms with Crippen molar-refractivity contribution in [2.45, 2.75) is 38.3 Å². The lowest BCUT2D eigenvalue weighted by molar-refractivity contribution is -0.137. The molecule has 20 heavy (non-hydrogen) atoms. The highest BCUT2D eigenvalue weighted by molar-refractivity contribution is 5.28. The van der Waals surface area contributed by atoms with Gasteiger partial charge in [-0.1, -0.05) is 25.5 Å². The second-order valence-corrected chi connectivity index (χ2v) is 5.96. The minimum absolute atomic E-state index is 0.369. The molecule has 0 aromatic heterocycles. The van der Waals surface area contributed by atoms with Gasteiger partial charge < -0.3 is 5.32 Å². The highest BCUT2D eigenvalue weighted by Gasteiger charge is 2.32. The number of benzene rings is 1. The largest absolute Gasteiger partial charge is 0.416 e. The summed E-state index contributed by atoms with van der Waals surface area (Å²) in [5.74, 6) is 1.54. The van der Waals surface area contributed by atoms with E-state index in [1.807, 2.05) is 7.05 Å². The van der Waals surface area contributed by atoms with E-state index in [9.17, 15) is 13.2 Å². The Kier molecular flexibility index (Phi) is 4.74. The third-order valence-corrected chi connectivity index (χ3v) is 4.39. The van der Waals surface area contributed by atoms with Crippen molar-refractivity contribution in [3.05, 3.63) is 35.4 Å². The summed E-state index contributed by atoms with van der Waals surface area (Å²) in [5.41, 5.74) is 0.486. The fourth-order valence-corrected chi connectivity index (χ4v) is 3.28. The van der Waals surface area contributed by atoms with Crippen LogP contribution in [0.1, 0.15) is 43.2 Å². The molecule has 3 atom stereocenters. The number of rotatable bonds is 3. The van der Waals surface area contributed by atoms with Gasteiger partial charge in [-0.25, -0.2) is 0 Å². The van der Waals surface area contributed by atoms with Gasteiger partial charge in [-0.05, 0) is 61.9 Å². The number of halogens is 3. The topological polar surface area (TPSA) is 12.0 Å². The molecule has 0 heterocycles. The number of hydrogen-bond donors (Lipinski definition) is 1. The molecule has 112 valence electrons. The molecule has 0 amide bonds. The Labute approximate surface area is 118 Å². The summed E-state index contributed by atoms with van der Waals surface area (Å²) in [4.78, 5) is 0. The van der Waals surface area contributed by atoms with Gasteiger partial charge in [0.1, 0.15) is 0 Å². The van der Waals surface area contributed by atoms with E-state index in [1.54, 1.807) is 12.1 Å². The van der Waals surface area contributed by atoms with Gasteiger partial charge in [0.05, 0.1) is 5.56 Å². The van der Waals surface area contributed by atoms with E-state index in [2.05, 4.69) is 12.2 Å². The van der Waals surface area contributed by atoms with Gasteiger partial charge in [-0.15, -0.1) is 0 Å². The Bertz CT molecular complexity index is 424. The van der Waals surface area contributed by atoms with E-state index in [0.29, 0.717) is 17.8 Å². The van der Waals surface area contributed by atoms with Crippen molar-refractivity contribution >= 4 is 0 Å². The van der Waals surface area contributed by atoms with E-state index in [0.717, 1.165) is 24.9 Å². The summed E-state index contributed by atoms with van der Waals surface area (Å²) in [5, 5.41) is 3.21. The third kappa shape index (κ3) is 3.54. The molecule has 1 nitrogen and oxygen atoms in total. The first-order chi connectivity index (χ1) is 9.41. The summed E-state index contributed by atoms with van der Waals surface area (Å²) in [6.45, 7) is 3.16. The fourth-order valence-electron chi connectivity index (χ4n) is 3.28. The summed E-state index contributed by atoms with van der Waals surface area (Å²) in [6, 6.07) is 5.75. The molecular formula is C16H22F3N. The first-order valence-corrected chi connectivity index (χ1v) is 7.23. The Morgan fingerprint density at radius 1 is 1.15 bits per heavy atom. The van der Waals surface area contributed by atoms with Crippen LogP contribution in [0.25, 0.3) is 0 Å². The minimum Gasteiger partial charge on any atom is -0.319 e. The lowest BCUT2D eigenvalue weighted by atomic mass is 9.71. The summed E-state index contributed by atoms with van der Waals surface area (Å²) in [7, 11) is 1.93. The molecule has 1 aromatic rings. The molecule has 0 aliphatic heterocycles. The maximum Gasteiger partial charge on any atom is 0.416 e. The van der Waals surface area contributed by atoms with Crippen molar-refractivity contribution < 1.29 is 13.2 Å². The van der Waals surface area contributed by atoms with Crippen LogP contribution in [0.15, 0.2) is 24.3 Å². The van der Waals surface area contributed by atoms with Gasteiger partial charge in [-0.3, -0.25) is 0 Å². The van der Waals surface area contributed by atoms with Crippen LogP contribution in [0.4, 0.5) is 13.2 Å².